The van der Waals surface area contributed by atoms with Crippen molar-refractivity contribution in [1.82, 2.24) is 0 Å². The first-order valence-corrected chi connectivity index (χ1v) is 21.7. The summed E-state index contributed by atoms with van der Waals surface area (Å²) in [6.45, 7) is 3.75. The molecule has 0 aromatic heterocycles. The average Bonchev–Trinajstić information content (AvgIpc) is 3.15. The van der Waals surface area contributed by atoms with Gasteiger partial charge in [-0.3, -0.25) is 9.59 Å². The predicted octanol–water partition coefficient (Wildman–Crippen LogP) is 8.87. The van der Waals surface area contributed by atoms with Crippen molar-refractivity contribution in [2.75, 3.05) is 13.2 Å². The molecular formula is C43H78O11. The standard InChI is InChI=1S/C43H78O11/c1-3-5-7-9-11-13-15-16-17-18-19-20-21-22-24-26-28-30-32-37(45)53-35(34-52-43-40(48)38(46)39(47)41(54-43)42(49)50)33-51-36(44)31-29-27-25-23-14-12-10-8-6-4-2/h8,10,35,38-41,43,46-48H,3-7,9,11-34H2,1-2H3,(H,49,50)/b10-8-. The van der Waals surface area contributed by atoms with Crippen molar-refractivity contribution in [2.24, 2.45) is 0 Å². The monoisotopic (exact) mass is 771 g/mol. The first kappa shape index (κ1) is 50.0. The van der Waals surface area contributed by atoms with Gasteiger partial charge in [-0.15, -0.1) is 0 Å². The van der Waals surface area contributed by atoms with E-state index in [1.807, 2.05) is 0 Å². The van der Waals surface area contributed by atoms with Crippen LogP contribution in [0.1, 0.15) is 194 Å². The molecule has 0 saturated carbocycles. The Morgan fingerprint density at radius 3 is 1.52 bits per heavy atom. The summed E-state index contributed by atoms with van der Waals surface area (Å²) in [5.74, 6) is -2.45. The number of aliphatic hydroxyl groups is 3. The maximum absolute atomic E-state index is 12.7. The van der Waals surface area contributed by atoms with Crippen LogP contribution in [0.3, 0.4) is 0 Å². The van der Waals surface area contributed by atoms with E-state index in [-0.39, 0.29) is 26.1 Å². The van der Waals surface area contributed by atoms with Gasteiger partial charge in [0.05, 0.1) is 6.61 Å². The molecule has 0 spiro atoms. The summed E-state index contributed by atoms with van der Waals surface area (Å²) in [4.78, 5) is 36.7. The molecule has 11 nitrogen and oxygen atoms in total. The van der Waals surface area contributed by atoms with Crippen LogP contribution in [0.5, 0.6) is 0 Å². The van der Waals surface area contributed by atoms with Crippen LogP contribution in [0.15, 0.2) is 12.2 Å². The Labute approximate surface area is 326 Å². The number of ether oxygens (including phenoxy) is 4. The van der Waals surface area contributed by atoms with Crippen molar-refractivity contribution in [3.8, 4) is 0 Å². The van der Waals surface area contributed by atoms with Gasteiger partial charge in [0.2, 0.25) is 0 Å². The Kier molecular flexibility index (Phi) is 31.7. The van der Waals surface area contributed by atoms with E-state index in [1.165, 1.54) is 89.9 Å². The molecule has 54 heavy (non-hydrogen) atoms. The van der Waals surface area contributed by atoms with Gasteiger partial charge in [0, 0.05) is 12.8 Å². The molecule has 0 bridgehead atoms. The van der Waals surface area contributed by atoms with Crippen LogP contribution in [0, 0.1) is 0 Å². The van der Waals surface area contributed by atoms with Crippen molar-refractivity contribution in [3.05, 3.63) is 12.2 Å². The van der Waals surface area contributed by atoms with Gasteiger partial charge in [0.15, 0.2) is 18.5 Å². The predicted molar refractivity (Wildman–Crippen MR) is 211 cm³/mol. The molecule has 1 heterocycles. The van der Waals surface area contributed by atoms with Crippen LogP contribution in [0.4, 0.5) is 0 Å². The molecule has 316 valence electrons. The number of aliphatic hydroxyl groups excluding tert-OH is 3. The third-order valence-electron chi connectivity index (χ3n) is 10.1. The largest absolute Gasteiger partial charge is 0.479 e. The van der Waals surface area contributed by atoms with Crippen LogP contribution < -0.4 is 0 Å². The van der Waals surface area contributed by atoms with Gasteiger partial charge in [-0.1, -0.05) is 161 Å². The van der Waals surface area contributed by atoms with E-state index in [4.69, 9.17) is 18.9 Å². The minimum Gasteiger partial charge on any atom is -0.479 e. The number of aliphatic carboxylic acids is 1. The summed E-state index contributed by atoms with van der Waals surface area (Å²) in [6.07, 6.45) is 25.6. The van der Waals surface area contributed by atoms with Gasteiger partial charge in [-0.25, -0.2) is 4.79 Å². The molecule has 1 fully saturated rings. The Hall–Kier alpha value is -2.05. The second kappa shape index (κ2) is 34.2. The van der Waals surface area contributed by atoms with Gasteiger partial charge in [0.25, 0.3) is 0 Å². The first-order valence-electron chi connectivity index (χ1n) is 21.7. The lowest BCUT2D eigenvalue weighted by molar-refractivity contribution is -0.298. The fourth-order valence-corrected chi connectivity index (χ4v) is 6.65. The van der Waals surface area contributed by atoms with Gasteiger partial charge >= 0.3 is 17.9 Å². The fraction of sp³-hybridized carbons (Fsp3) is 0.884. The molecule has 1 rings (SSSR count). The van der Waals surface area contributed by atoms with Gasteiger partial charge in [-0.2, -0.15) is 0 Å². The molecule has 6 unspecified atom stereocenters. The summed E-state index contributed by atoms with van der Waals surface area (Å²) in [6, 6.07) is 0. The summed E-state index contributed by atoms with van der Waals surface area (Å²) in [5.41, 5.74) is 0. The molecule has 0 aromatic rings. The third kappa shape index (κ3) is 25.9. The summed E-state index contributed by atoms with van der Waals surface area (Å²) >= 11 is 0. The number of allylic oxidation sites excluding steroid dienone is 2. The van der Waals surface area contributed by atoms with Crippen molar-refractivity contribution in [2.45, 2.75) is 230 Å². The lowest BCUT2D eigenvalue weighted by atomic mass is 9.99. The molecular weight excluding hydrogens is 692 g/mol. The van der Waals surface area contributed by atoms with Crippen molar-refractivity contribution in [3.63, 3.8) is 0 Å². The maximum atomic E-state index is 12.7. The minimum atomic E-state index is -1.86. The number of carboxylic acids is 1. The second-order valence-electron chi connectivity index (χ2n) is 15.2. The van der Waals surface area contributed by atoms with Crippen molar-refractivity contribution >= 4 is 17.9 Å². The van der Waals surface area contributed by atoms with E-state index in [0.29, 0.717) is 12.8 Å². The van der Waals surface area contributed by atoms with Gasteiger partial charge in [-0.05, 0) is 32.1 Å². The average molecular weight is 771 g/mol. The summed E-state index contributed by atoms with van der Waals surface area (Å²) < 4.78 is 21.7. The van der Waals surface area contributed by atoms with Crippen molar-refractivity contribution in [1.29, 1.82) is 0 Å². The molecule has 1 aliphatic heterocycles. The van der Waals surface area contributed by atoms with Gasteiger partial charge in [0.1, 0.15) is 24.9 Å². The molecule has 1 aliphatic rings. The van der Waals surface area contributed by atoms with Crippen LogP contribution in [0.25, 0.3) is 0 Å². The highest BCUT2D eigenvalue weighted by molar-refractivity contribution is 5.73. The Bertz CT molecular complexity index is 958. The molecule has 6 atom stereocenters. The number of esters is 2. The summed E-state index contributed by atoms with van der Waals surface area (Å²) in [5, 5.41) is 39.7. The number of rotatable bonds is 36. The van der Waals surface area contributed by atoms with E-state index < -0.39 is 54.7 Å². The Morgan fingerprint density at radius 1 is 0.556 bits per heavy atom. The van der Waals surface area contributed by atoms with E-state index in [2.05, 4.69) is 26.0 Å². The minimum absolute atomic E-state index is 0.187. The van der Waals surface area contributed by atoms with E-state index in [0.717, 1.165) is 64.2 Å². The molecule has 0 aliphatic carbocycles. The van der Waals surface area contributed by atoms with Crippen LogP contribution >= 0.6 is 0 Å². The molecule has 0 amide bonds. The number of carbonyl (C=O) groups is 3. The lowest BCUT2D eigenvalue weighted by Crippen LogP contribution is -2.60. The maximum Gasteiger partial charge on any atom is 0.335 e. The zero-order valence-electron chi connectivity index (χ0n) is 34.0. The lowest BCUT2D eigenvalue weighted by Gasteiger charge is -2.38. The van der Waals surface area contributed by atoms with E-state index in [1.54, 1.807) is 0 Å². The van der Waals surface area contributed by atoms with Crippen molar-refractivity contribution < 1.29 is 53.8 Å². The normalized spacial score (nSPS) is 20.6. The zero-order chi connectivity index (χ0) is 39.7. The van der Waals surface area contributed by atoms with E-state index in [9.17, 15) is 34.8 Å². The number of unbranched alkanes of at least 4 members (excludes halogenated alkanes) is 23. The first-order chi connectivity index (χ1) is 26.2. The highest BCUT2D eigenvalue weighted by Crippen LogP contribution is 2.23. The molecule has 11 heteroatoms. The highest BCUT2D eigenvalue weighted by atomic mass is 16.7. The topological polar surface area (TPSA) is 169 Å². The molecule has 0 aromatic carbocycles. The SMILES string of the molecule is CCC/C=C\CCCCCCCC(=O)OCC(COC1OC(C(=O)O)C(O)C(O)C1O)OC(=O)CCCCCCCCCCCCCCCCCCCC. The summed E-state index contributed by atoms with van der Waals surface area (Å²) in [7, 11) is 0. The van der Waals surface area contributed by atoms with Gasteiger partial charge < -0.3 is 39.4 Å². The quantitative estimate of drug-likeness (QED) is 0.0273. The third-order valence-corrected chi connectivity index (χ3v) is 10.1. The second-order valence-corrected chi connectivity index (χ2v) is 15.2. The fourth-order valence-electron chi connectivity index (χ4n) is 6.65. The molecule has 1 saturated heterocycles. The number of carbonyl (C=O) groups excluding carboxylic acids is 2. The van der Waals surface area contributed by atoms with Crippen LogP contribution in [0.2, 0.25) is 0 Å². The Balaban J connectivity index is 2.35. The van der Waals surface area contributed by atoms with Crippen LogP contribution in [-0.2, 0) is 33.3 Å². The number of carboxylic acid groups (broad SMARTS) is 1. The molecule has 0 radical (unpaired) electrons. The number of hydrogen-bond acceptors (Lipinski definition) is 10. The van der Waals surface area contributed by atoms with E-state index >= 15 is 0 Å². The zero-order valence-corrected chi connectivity index (χ0v) is 34.0. The number of hydrogen-bond donors (Lipinski definition) is 4. The molecule has 4 N–H and O–H groups in total. The highest BCUT2D eigenvalue weighted by Gasteiger charge is 2.47. The smallest absolute Gasteiger partial charge is 0.335 e. The Morgan fingerprint density at radius 2 is 1.02 bits per heavy atom. The van der Waals surface area contributed by atoms with Crippen LogP contribution in [-0.4, -0.2) is 88.4 Å².